The fourth-order valence-electron chi connectivity index (χ4n) is 1.95. The molecule has 0 saturated heterocycles. The summed E-state index contributed by atoms with van der Waals surface area (Å²) in [5, 5.41) is 4.19. The summed E-state index contributed by atoms with van der Waals surface area (Å²) in [4.78, 5) is 16.5. The molecule has 0 aliphatic carbocycles. The van der Waals surface area contributed by atoms with E-state index in [0.29, 0.717) is 21.5 Å². The van der Waals surface area contributed by atoms with Crippen LogP contribution >= 0.6 is 11.6 Å². The number of anilines is 1. The Bertz CT molecular complexity index is 695. The van der Waals surface area contributed by atoms with Crippen molar-refractivity contribution in [1.82, 2.24) is 4.98 Å². The summed E-state index contributed by atoms with van der Waals surface area (Å²) in [6.07, 6.45) is 5.31. The van der Waals surface area contributed by atoms with Crippen LogP contribution in [0.25, 0.3) is 17.0 Å². The van der Waals surface area contributed by atoms with Crippen molar-refractivity contribution in [3.63, 3.8) is 0 Å². The van der Waals surface area contributed by atoms with Crippen LogP contribution in [0.4, 0.5) is 5.69 Å². The topological polar surface area (TPSA) is 42.0 Å². The van der Waals surface area contributed by atoms with Gasteiger partial charge in [0.15, 0.2) is 5.43 Å². The summed E-state index contributed by atoms with van der Waals surface area (Å²) in [5.41, 5.74) is 2.12. The summed E-state index contributed by atoms with van der Waals surface area (Å²) in [6.45, 7) is 0.737. The Morgan fingerprint density at radius 2 is 2.24 bits per heavy atom. The molecular formula is C13H9ClN2O. The van der Waals surface area contributed by atoms with Gasteiger partial charge in [-0.1, -0.05) is 23.8 Å². The van der Waals surface area contributed by atoms with E-state index >= 15 is 0 Å². The fourth-order valence-corrected chi connectivity index (χ4v) is 2.11. The van der Waals surface area contributed by atoms with E-state index < -0.39 is 0 Å². The van der Waals surface area contributed by atoms with Crippen LogP contribution in [0, 0.1) is 0 Å². The van der Waals surface area contributed by atoms with Gasteiger partial charge in [0.1, 0.15) is 0 Å². The molecule has 3 rings (SSSR count). The van der Waals surface area contributed by atoms with Crippen molar-refractivity contribution >= 4 is 34.3 Å². The predicted octanol–water partition coefficient (Wildman–Crippen LogP) is 2.69. The van der Waals surface area contributed by atoms with Crippen molar-refractivity contribution < 1.29 is 0 Å². The SMILES string of the molecule is O=c1c2c(ccc3ncc(Cl)cc13)NCC=C2. The Labute approximate surface area is 103 Å². The van der Waals surface area contributed by atoms with Crippen molar-refractivity contribution in [1.29, 1.82) is 0 Å². The molecule has 0 radical (unpaired) electrons. The maximum Gasteiger partial charge on any atom is 0.197 e. The molecular weight excluding hydrogens is 236 g/mol. The lowest BCUT2D eigenvalue weighted by atomic mass is 10.1. The van der Waals surface area contributed by atoms with Gasteiger partial charge in [0.2, 0.25) is 0 Å². The van der Waals surface area contributed by atoms with E-state index in [1.807, 2.05) is 24.3 Å². The molecule has 84 valence electrons. The van der Waals surface area contributed by atoms with Crippen molar-refractivity contribution in [3.05, 3.63) is 51.3 Å². The summed E-state index contributed by atoms with van der Waals surface area (Å²) < 4.78 is 0. The zero-order valence-corrected chi connectivity index (χ0v) is 9.66. The minimum atomic E-state index is -0.0431. The van der Waals surface area contributed by atoms with E-state index in [0.717, 1.165) is 12.2 Å². The van der Waals surface area contributed by atoms with Gasteiger partial charge in [0, 0.05) is 29.4 Å². The van der Waals surface area contributed by atoms with Crippen molar-refractivity contribution in [2.75, 3.05) is 11.9 Å². The van der Waals surface area contributed by atoms with Gasteiger partial charge in [0.25, 0.3) is 0 Å². The highest BCUT2D eigenvalue weighted by Crippen LogP contribution is 2.20. The molecule has 3 nitrogen and oxygen atoms in total. The second-order valence-corrected chi connectivity index (χ2v) is 4.30. The van der Waals surface area contributed by atoms with Crippen molar-refractivity contribution in [3.8, 4) is 0 Å². The Hall–Kier alpha value is -1.87. The first-order valence-corrected chi connectivity index (χ1v) is 5.66. The molecule has 1 aromatic carbocycles. The van der Waals surface area contributed by atoms with E-state index in [9.17, 15) is 4.79 Å². The van der Waals surface area contributed by atoms with Gasteiger partial charge in [-0.2, -0.15) is 0 Å². The largest absolute Gasteiger partial charge is 0.381 e. The molecule has 1 aliphatic rings. The van der Waals surface area contributed by atoms with Gasteiger partial charge >= 0.3 is 0 Å². The monoisotopic (exact) mass is 244 g/mol. The van der Waals surface area contributed by atoms with Crippen LogP contribution in [0.2, 0.25) is 5.02 Å². The summed E-state index contributed by atoms with van der Waals surface area (Å²) >= 11 is 5.88. The zero-order chi connectivity index (χ0) is 11.8. The van der Waals surface area contributed by atoms with Crippen LogP contribution in [-0.4, -0.2) is 11.5 Å². The maximum atomic E-state index is 12.3. The molecule has 2 aromatic rings. The number of fused-ring (bicyclic) bond motifs is 2. The zero-order valence-electron chi connectivity index (χ0n) is 8.90. The average Bonchev–Trinajstić information content (AvgIpc) is 2.49. The number of aromatic nitrogens is 1. The van der Waals surface area contributed by atoms with Gasteiger partial charge in [-0.25, -0.2) is 0 Å². The van der Waals surface area contributed by atoms with Crippen molar-refractivity contribution in [2.45, 2.75) is 0 Å². The van der Waals surface area contributed by atoms with Crippen molar-refractivity contribution in [2.24, 2.45) is 0 Å². The molecule has 1 aromatic heterocycles. The molecule has 0 bridgehead atoms. The lowest BCUT2D eigenvalue weighted by Gasteiger charge is -2.08. The van der Waals surface area contributed by atoms with E-state index in [4.69, 9.17) is 11.6 Å². The minimum Gasteiger partial charge on any atom is -0.381 e. The molecule has 0 atom stereocenters. The van der Waals surface area contributed by atoms with Gasteiger partial charge in [-0.15, -0.1) is 0 Å². The van der Waals surface area contributed by atoms with E-state index in [2.05, 4.69) is 10.3 Å². The smallest absolute Gasteiger partial charge is 0.197 e. The number of pyridine rings is 1. The average molecular weight is 245 g/mol. The molecule has 0 amide bonds. The van der Waals surface area contributed by atoms with Gasteiger partial charge < -0.3 is 5.32 Å². The number of nitrogens with zero attached hydrogens (tertiary/aromatic N) is 1. The third kappa shape index (κ3) is 1.68. The highest BCUT2D eigenvalue weighted by atomic mass is 35.5. The van der Waals surface area contributed by atoms with Crippen LogP contribution < -0.4 is 10.7 Å². The Morgan fingerprint density at radius 3 is 3.12 bits per heavy atom. The second kappa shape index (κ2) is 3.86. The van der Waals surface area contributed by atoms with Crippen LogP contribution in [0.15, 0.2) is 35.3 Å². The normalized spacial score (nSPS) is 13.2. The van der Waals surface area contributed by atoms with Gasteiger partial charge in [0.05, 0.1) is 10.5 Å². The summed E-state index contributed by atoms with van der Waals surface area (Å²) in [6, 6.07) is 5.37. The van der Waals surface area contributed by atoms with Crippen LogP contribution in [0.3, 0.4) is 0 Å². The molecule has 0 saturated carbocycles. The molecule has 0 fully saturated rings. The standard InChI is InChI=1S/C13H9ClN2O/c14-8-6-10-12(16-7-8)4-3-11-9(13(10)17)2-1-5-15-11/h1-4,6-7,15H,5H2. The third-order valence-corrected chi connectivity index (χ3v) is 2.97. The predicted molar refractivity (Wildman–Crippen MR) is 70.5 cm³/mol. The van der Waals surface area contributed by atoms with E-state index in [1.54, 1.807) is 12.3 Å². The van der Waals surface area contributed by atoms with E-state index in [-0.39, 0.29) is 5.43 Å². The highest BCUT2D eigenvalue weighted by Gasteiger charge is 2.09. The quantitative estimate of drug-likeness (QED) is 0.775. The molecule has 1 N–H and O–H groups in total. The van der Waals surface area contributed by atoms with Crippen LogP contribution in [-0.2, 0) is 0 Å². The lowest BCUT2D eigenvalue weighted by Crippen LogP contribution is -2.11. The molecule has 17 heavy (non-hydrogen) atoms. The molecule has 1 aliphatic heterocycles. The van der Waals surface area contributed by atoms with E-state index in [1.165, 1.54) is 0 Å². The molecule has 0 unspecified atom stereocenters. The summed E-state index contributed by atoms with van der Waals surface area (Å²) in [7, 11) is 0. The highest BCUT2D eigenvalue weighted by molar-refractivity contribution is 6.31. The Kier molecular flexibility index (Phi) is 2.34. The maximum absolute atomic E-state index is 12.3. The van der Waals surface area contributed by atoms with Gasteiger partial charge in [-0.3, -0.25) is 9.78 Å². The van der Waals surface area contributed by atoms with Crippen LogP contribution in [0.5, 0.6) is 0 Å². The first-order valence-electron chi connectivity index (χ1n) is 5.29. The first-order chi connectivity index (χ1) is 8.25. The number of nitrogens with one attached hydrogen (secondary N) is 1. The second-order valence-electron chi connectivity index (χ2n) is 3.86. The summed E-state index contributed by atoms with van der Waals surface area (Å²) in [5.74, 6) is 0. The minimum absolute atomic E-state index is 0.0431. The number of halogens is 1. The molecule has 0 spiro atoms. The molecule has 4 heteroatoms. The number of rotatable bonds is 0. The third-order valence-electron chi connectivity index (χ3n) is 2.77. The lowest BCUT2D eigenvalue weighted by molar-refractivity contribution is 1.31. The first kappa shape index (κ1) is 10.3. The van der Waals surface area contributed by atoms with Crippen LogP contribution in [0.1, 0.15) is 5.56 Å². The number of hydrogen-bond donors (Lipinski definition) is 1. The Balaban J connectivity index is 2.50. The fraction of sp³-hybridized carbons (Fsp3) is 0.0769. The molecule has 2 heterocycles. The Morgan fingerprint density at radius 1 is 1.35 bits per heavy atom. The number of hydrogen-bond acceptors (Lipinski definition) is 3. The van der Waals surface area contributed by atoms with Gasteiger partial charge in [-0.05, 0) is 18.2 Å².